The van der Waals surface area contributed by atoms with Crippen LogP contribution in [0.5, 0.6) is 23.0 Å². The van der Waals surface area contributed by atoms with Crippen LogP contribution in [0.3, 0.4) is 0 Å². The molecule has 0 spiro atoms. The number of carbonyl (C=O) groups excluding carboxylic acids is 2. The minimum atomic E-state index is -0.122. The zero-order valence-corrected chi connectivity index (χ0v) is 21.2. The summed E-state index contributed by atoms with van der Waals surface area (Å²) in [4.78, 5) is 25.9. The Labute approximate surface area is 222 Å². The summed E-state index contributed by atoms with van der Waals surface area (Å²) in [6, 6.07) is 36.4. The molecule has 186 valence electrons. The number of rotatable bonds is 8. The summed E-state index contributed by atoms with van der Waals surface area (Å²) in [5.74, 6) is 2.54. The normalized spacial score (nSPS) is 10.6. The van der Waals surface area contributed by atoms with Crippen molar-refractivity contribution in [1.29, 1.82) is 0 Å². The third-order valence-electron chi connectivity index (χ3n) is 6.16. The molecule has 0 atom stereocenters. The molecule has 0 saturated heterocycles. The molecule has 5 aromatic carbocycles. The number of aryl methyl sites for hydroxylation is 2. The Bertz CT molecular complexity index is 1430. The summed E-state index contributed by atoms with van der Waals surface area (Å²) in [5, 5.41) is 0. The van der Waals surface area contributed by atoms with E-state index < -0.39 is 0 Å². The van der Waals surface area contributed by atoms with Crippen LogP contribution in [-0.2, 0) is 0 Å². The van der Waals surface area contributed by atoms with Crippen LogP contribution in [0.2, 0.25) is 0 Å². The van der Waals surface area contributed by atoms with E-state index in [0.29, 0.717) is 33.8 Å². The Hall–Kier alpha value is -4.96. The average Bonchev–Trinajstić information content (AvgIpc) is 2.96. The van der Waals surface area contributed by atoms with Gasteiger partial charge < -0.3 is 9.47 Å². The van der Waals surface area contributed by atoms with E-state index in [0.717, 1.165) is 22.6 Å². The van der Waals surface area contributed by atoms with Crippen molar-refractivity contribution >= 4 is 11.6 Å². The molecule has 0 aliphatic heterocycles. The van der Waals surface area contributed by atoms with Crippen molar-refractivity contribution in [3.05, 3.63) is 155 Å². The maximum Gasteiger partial charge on any atom is 0.193 e. The van der Waals surface area contributed by atoms with Crippen molar-refractivity contribution < 1.29 is 19.1 Å². The molecule has 0 bridgehead atoms. The van der Waals surface area contributed by atoms with Crippen molar-refractivity contribution in [2.75, 3.05) is 0 Å². The summed E-state index contributed by atoms with van der Waals surface area (Å²) < 4.78 is 11.7. The van der Waals surface area contributed by atoms with Gasteiger partial charge in [0, 0.05) is 22.3 Å². The van der Waals surface area contributed by atoms with Crippen molar-refractivity contribution in [2.45, 2.75) is 13.8 Å². The van der Waals surface area contributed by atoms with Gasteiger partial charge in [-0.05, 0) is 86.6 Å². The predicted molar refractivity (Wildman–Crippen MR) is 149 cm³/mol. The van der Waals surface area contributed by atoms with Gasteiger partial charge in [-0.25, -0.2) is 0 Å². The molecule has 0 saturated carbocycles. The Balaban J connectivity index is 1.22. The second-order valence-electron chi connectivity index (χ2n) is 9.11. The standard InChI is InChI=1S/C34H26O4/c1-23-3-15-29(16-4-23)37-31-19-11-27(12-20-31)33(35)25-7-9-26(10-8-25)34(36)28-13-21-32(22-14-28)38-30-17-5-24(2)6-18-30/h3-22H,1-2H3. The van der Waals surface area contributed by atoms with Gasteiger partial charge in [0.25, 0.3) is 0 Å². The smallest absolute Gasteiger partial charge is 0.193 e. The van der Waals surface area contributed by atoms with E-state index in [4.69, 9.17) is 9.47 Å². The molecular weight excluding hydrogens is 472 g/mol. The van der Waals surface area contributed by atoms with Gasteiger partial charge in [0.1, 0.15) is 23.0 Å². The molecule has 0 radical (unpaired) electrons. The third-order valence-corrected chi connectivity index (χ3v) is 6.16. The van der Waals surface area contributed by atoms with E-state index >= 15 is 0 Å². The van der Waals surface area contributed by atoms with Crippen LogP contribution in [-0.4, -0.2) is 11.6 Å². The summed E-state index contributed by atoms with van der Waals surface area (Å²) in [5.41, 5.74) is 4.43. The summed E-state index contributed by atoms with van der Waals surface area (Å²) in [7, 11) is 0. The molecule has 4 nitrogen and oxygen atoms in total. The molecule has 0 aliphatic carbocycles. The van der Waals surface area contributed by atoms with Crippen LogP contribution < -0.4 is 9.47 Å². The van der Waals surface area contributed by atoms with Crippen molar-refractivity contribution in [3.63, 3.8) is 0 Å². The molecule has 5 aromatic rings. The van der Waals surface area contributed by atoms with E-state index in [2.05, 4.69) is 0 Å². The van der Waals surface area contributed by atoms with E-state index in [9.17, 15) is 9.59 Å². The molecule has 0 fully saturated rings. The van der Waals surface area contributed by atoms with Gasteiger partial charge in [-0.2, -0.15) is 0 Å². The van der Waals surface area contributed by atoms with Gasteiger partial charge in [0.2, 0.25) is 0 Å². The Morgan fingerprint density at radius 1 is 0.368 bits per heavy atom. The lowest BCUT2D eigenvalue weighted by atomic mass is 9.98. The zero-order chi connectivity index (χ0) is 26.5. The van der Waals surface area contributed by atoms with E-state index in [1.54, 1.807) is 72.8 Å². The van der Waals surface area contributed by atoms with Gasteiger partial charge in [0.15, 0.2) is 11.6 Å². The maximum atomic E-state index is 13.0. The predicted octanol–water partition coefficient (Wildman–Crippen LogP) is 8.35. The number of hydrogen-bond donors (Lipinski definition) is 0. The van der Waals surface area contributed by atoms with Crippen molar-refractivity contribution in [1.82, 2.24) is 0 Å². The second kappa shape index (κ2) is 11.0. The first-order chi connectivity index (χ1) is 18.4. The number of ether oxygens (including phenoxy) is 2. The molecule has 5 rings (SSSR count). The fraction of sp³-hybridized carbons (Fsp3) is 0.0588. The fourth-order valence-corrected chi connectivity index (χ4v) is 3.94. The monoisotopic (exact) mass is 498 g/mol. The molecule has 0 heterocycles. The fourth-order valence-electron chi connectivity index (χ4n) is 3.94. The molecule has 38 heavy (non-hydrogen) atoms. The highest BCUT2D eigenvalue weighted by molar-refractivity contribution is 6.11. The van der Waals surface area contributed by atoms with Crippen LogP contribution >= 0.6 is 0 Å². The lowest BCUT2D eigenvalue weighted by Crippen LogP contribution is -2.04. The molecule has 0 aromatic heterocycles. The Morgan fingerprint density at radius 3 is 0.842 bits per heavy atom. The Kier molecular flexibility index (Phi) is 7.14. The topological polar surface area (TPSA) is 52.6 Å². The van der Waals surface area contributed by atoms with Gasteiger partial charge >= 0.3 is 0 Å². The quantitative estimate of drug-likeness (QED) is 0.202. The van der Waals surface area contributed by atoms with Gasteiger partial charge in [-0.1, -0.05) is 59.7 Å². The average molecular weight is 499 g/mol. The maximum absolute atomic E-state index is 13.0. The molecule has 0 N–H and O–H groups in total. The molecular formula is C34H26O4. The molecule has 0 unspecified atom stereocenters. The third kappa shape index (κ3) is 5.88. The van der Waals surface area contributed by atoms with Crippen LogP contribution in [0.1, 0.15) is 43.0 Å². The first kappa shape index (κ1) is 24.7. The number of carbonyl (C=O) groups is 2. The van der Waals surface area contributed by atoms with Crippen LogP contribution in [0, 0.1) is 13.8 Å². The van der Waals surface area contributed by atoms with Crippen LogP contribution in [0.25, 0.3) is 0 Å². The number of hydrogen-bond acceptors (Lipinski definition) is 4. The van der Waals surface area contributed by atoms with Crippen LogP contribution in [0.4, 0.5) is 0 Å². The molecule has 4 heteroatoms. The minimum absolute atomic E-state index is 0.122. The highest BCUT2D eigenvalue weighted by Gasteiger charge is 2.13. The summed E-state index contributed by atoms with van der Waals surface area (Å²) in [6.45, 7) is 4.04. The van der Waals surface area contributed by atoms with Crippen molar-refractivity contribution in [2.24, 2.45) is 0 Å². The zero-order valence-electron chi connectivity index (χ0n) is 21.2. The van der Waals surface area contributed by atoms with E-state index in [1.165, 1.54) is 0 Å². The number of ketones is 2. The SMILES string of the molecule is Cc1ccc(Oc2ccc(C(=O)c3ccc(C(=O)c4ccc(Oc5ccc(C)cc5)cc4)cc3)cc2)cc1. The highest BCUT2D eigenvalue weighted by Crippen LogP contribution is 2.25. The summed E-state index contributed by atoms with van der Waals surface area (Å²) in [6.07, 6.45) is 0. The van der Waals surface area contributed by atoms with E-state index in [-0.39, 0.29) is 11.6 Å². The molecule has 0 aliphatic rings. The summed E-state index contributed by atoms with van der Waals surface area (Å²) >= 11 is 0. The molecule has 0 amide bonds. The second-order valence-corrected chi connectivity index (χ2v) is 9.11. The van der Waals surface area contributed by atoms with Gasteiger partial charge in [0.05, 0.1) is 0 Å². The number of benzene rings is 5. The Morgan fingerprint density at radius 2 is 0.579 bits per heavy atom. The van der Waals surface area contributed by atoms with Gasteiger partial charge in [-0.3, -0.25) is 9.59 Å². The van der Waals surface area contributed by atoms with Crippen molar-refractivity contribution in [3.8, 4) is 23.0 Å². The largest absolute Gasteiger partial charge is 0.457 e. The highest BCUT2D eigenvalue weighted by atomic mass is 16.5. The van der Waals surface area contributed by atoms with E-state index in [1.807, 2.05) is 62.4 Å². The van der Waals surface area contributed by atoms with Gasteiger partial charge in [-0.15, -0.1) is 0 Å². The minimum Gasteiger partial charge on any atom is -0.457 e. The van der Waals surface area contributed by atoms with Crippen LogP contribution in [0.15, 0.2) is 121 Å². The first-order valence-corrected chi connectivity index (χ1v) is 12.3. The first-order valence-electron chi connectivity index (χ1n) is 12.3. The lowest BCUT2D eigenvalue weighted by Gasteiger charge is -2.08. The lowest BCUT2D eigenvalue weighted by molar-refractivity contribution is 0.102.